The smallest absolute Gasteiger partial charge is 0.247 e. The molecule has 1 aliphatic heterocycles. The zero-order valence-electron chi connectivity index (χ0n) is 13.1. The number of hydrogen-bond acceptors (Lipinski definition) is 2. The molecular weight excluding hydrogens is 270 g/mol. The molecule has 1 atom stereocenters. The average Bonchev–Trinajstić information content (AvgIpc) is 2.83. The van der Waals surface area contributed by atoms with Crippen molar-refractivity contribution >= 4 is 5.69 Å². The highest BCUT2D eigenvalue weighted by Gasteiger charge is 2.31. The predicted octanol–water partition coefficient (Wildman–Crippen LogP) is 4.48. The van der Waals surface area contributed by atoms with Crippen LogP contribution in [0.1, 0.15) is 12.5 Å². The lowest BCUT2D eigenvalue weighted by molar-refractivity contribution is 0.382. The van der Waals surface area contributed by atoms with Gasteiger partial charge in [0, 0.05) is 13.2 Å². The summed E-state index contributed by atoms with van der Waals surface area (Å²) in [6.07, 6.45) is 2.06. The van der Waals surface area contributed by atoms with Crippen LogP contribution in [0.3, 0.4) is 0 Å². The zero-order chi connectivity index (χ0) is 15.7. The summed E-state index contributed by atoms with van der Waals surface area (Å²) in [6, 6.07) is 16.8. The fourth-order valence-corrected chi connectivity index (χ4v) is 2.87. The third-order valence-corrected chi connectivity index (χ3v) is 4.21. The zero-order valence-corrected chi connectivity index (χ0v) is 13.1. The van der Waals surface area contributed by atoms with E-state index in [2.05, 4.69) is 71.0 Å². The molecule has 3 heteroatoms. The van der Waals surface area contributed by atoms with Gasteiger partial charge in [-0.2, -0.15) is 0 Å². The number of rotatable bonds is 2. The topological polar surface area (TPSA) is 10.8 Å². The third kappa shape index (κ3) is 2.33. The van der Waals surface area contributed by atoms with Crippen LogP contribution in [0, 0.1) is 13.5 Å². The maximum absolute atomic E-state index is 7.40. The number of benzene rings is 2. The molecule has 0 amide bonds. The molecule has 2 aromatic carbocycles. The lowest BCUT2D eigenvalue weighted by Gasteiger charge is -2.26. The highest BCUT2D eigenvalue weighted by molar-refractivity contribution is 5.70. The summed E-state index contributed by atoms with van der Waals surface area (Å²) >= 11 is 0. The van der Waals surface area contributed by atoms with Gasteiger partial charge in [0.15, 0.2) is 6.17 Å². The fraction of sp³-hybridized carbons (Fsp3) is 0.211. The molecule has 0 fully saturated rings. The molecule has 0 radical (unpaired) electrons. The molecule has 1 heterocycles. The van der Waals surface area contributed by atoms with E-state index < -0.39 is 0 Å². The van der Waals surface area contributed by atoms with Gasteiger partial charge in [-0.1, -0.05) is 43.0 Å². The van der Waals surface area contributed by atoms with Gasteiger partial charge in [-0.05, 0) is 42.7 Å². The van der Waals surface area contributed by atoms with Crippen LogP contribution in [0.4, 0.5) is 5.69 Å². The largest absolute Gasteiger partial charge is 0.363 e. The monoisotopic (exact) mass is 289 g/mol. The van der Waals surface area contributed by atoms with Crippen LogP contribution < -0.4 is 4.90 Å². The van der Waals surface area contributed by atoms with E-state index in [0.29, 0.717) is 5.82 Å². The van der Waals surface area contributed by atoms with Crippen LogP contribution in [0.25, 0.3) is 16.0 Å². The SMILES string of the molecule is [C-]#[N+]C1=CN(C)[C@H](C)N1c1ccc(-c2ccccc2)cc1C. The van der Waals surface area contributed by atoms with Gasteiger partial charge in [-0.25, -0.2) is 0 Å². The Hall–Kier alpha value is -2.73. The highest BCUT2D eigenvalue weighted by atomic mass is 15.4. The Morgan fingerprint density at radius 1 is 1.05 bits per heavy atom. The van der Waals surface area contributed by atoms with E-state index in [1.165, 1.54) is 16.7 Å². The normalized spacial score (nSPS) is 17.4. The number of anilines is 1. The van der Waals surface area contributed by atoms with Crippen LogP contribution in [0.5, 0.6) is 0 Å². The molecule has 0 N–H and O–H groups in total. The molecule has 3 rings (SSSR count). The van der Waals surface area contributed by atoms with Gasteiger partial charge in [-0.3, -0.25) is 4.90 Å². The molecule has 0 spiro atoms. The lowest BCUT2D eigenvalue weighted by Crippen LogP contribution is -2.35. The van der Waals surface area contributed by atoms with Crippen molar-refractivity contribution < 1.29 is 0 Å². The van der Waals surface area contributed by atoms with Crippen molar-refractivity contribution in [2.24, 2.45) is 0 Å². The number of hydrogen-bond donors (Lipinski definition) is 0. The Kier molecular flexibility index (Phi) is 3.60. The Balaban J connectivity index is 2.00. The van der Waals surface area contributed by atoms with E-state index in [9.17, 15) is 0 Å². The summed E-state index contributed by atoms with van der Waals surface area (Å²) in [5, 5.41) is 0. The van der Waals surface area contributed by atoms with Crippen LogP contribution in [0.15, 0.2) is 60.6 Å². The van der Waals surface area contributed by atoms with Crippen LogP contribution in [-0.4, -0.2) is 18.1 Å². The Bertz CT molecular complexity index is 756. The minimum atomic E-state index is 0.158. The van der Waals surface area contributed by atoms with Crippen molar-refractivity contribution in [3.05, 3.63) is 77.5 Å². The molecule has 0 bridgehead atoms. The second-order valence-electron chi connectivity index (χ2n) is 5.63. The van der Waals surface area contributed by atoms with Gasteiger partial charge in [-0.15, -0.1) is 0 Å². The predicted molar refractivity (Wildman–Crippen MR) is 91.0 cm³/mol. The molecule has 2 aromatic rings. The van der Waals surface area contributed by atoms with E-state index in [4.69, 9.17) is 6.57 Å². The van der Waals surface area contributed by atoms with Gasteiger partial charge < -0.3 is 9.74 Å². The minimum absolute atomic E-state index is 0.158. The first-order chi connectivity index (χ1) is 10.6. The molecule has 22 heavy (non-hydrogen) atoms. The maximum Gasteiger partial charge on any atom is 0.247 e. The van der Waals surface area contributed by atoms with Crippen LogP contribution >= 0.6 is 0 Å². The Morgan fingerprint density at radius 2 is 1.77 bits per heavy atom. The van der Waals surface area contributed by atoms with Crippen molar-refractivity contribution in [2.45, 2.75) is 20.0 Å². The van der Waals surface area contributed by atoms with Gasteiger partial charge in [0.25, 0.3) is 0 Å². The first kappa shape index (κ1) is 14.2. The van der Waals surface area contributed by atoms with E-state index in [1.807, 2.05) is 19.3 Å². The second-order valence-corrected chi connectivity index (χ2v) is 5.63. The van der Waals surface area contributed by atoms with Crippen LogP contribution in [0.2, 0.25) is 0 Å². The highest BCUT2D eigenvalue weighted by Crippen LogP contribution is 2.34. The second kappa shape index (κ2) is 5.57. The van der Waals surface area contributed by atoms with Gasteiger partial charge >= 0.3 is 0 Å². The molecule has 110 valence electrons. The van der Waals surface area contributed by atoms with Crippen molar-refractivity contribution in [2.75, 3.05) is 11.9 Å². The molecule has 0 unspecified atom stereocenters. The minimum Gasteiger partial charge on any atom is -0.363 e. The van der Waals surface area contributed by atoms with Gasteiger partial charge in [0.1, 0.15) is 5.69 Å². The maximum atomic E-state index is 7.40. The molecular formula is C19H19N3. The molecule has 0 aromatic heterocycles. The van der Waals surface area contributed by atoms with E-state index >= 15 is 0 Å². The molecule has 0 saturated carbocycles. The van der Waals surface area contributed by atoms with Gasteiger partial charge in [0.05, 0.1) is 0 Å². The number of nitrogens with zero attached hydrogens (tertiary/aromatic N) is 3. The van der Waals surface area contributed by atoms with Crippen molar-refractivity contribution in [3.8, 4) is 11.1 Å². The average molecular weight is 289 g/mol. The van der Waals surface area contributed by atoms with E-state index in [-0.39, 0.29) is 6.17 Å². The first-order valence-corrected chi connectivity index (χ1v) is 7.38. The standard InChI is InChI=1S/C19H19N3/c1-14-12-17(16-8-6-5-7-9-16)10-11-18(14)22-15(2)21(4)13-19(22)20-3/h5-13,15H,1-2,4H3/t15-/m0/s1. The Morgan fingerprint density at radius 3 is 2.41 bits per heavy atom. The van der Waals surface area contributed by atoms with Crippen molar-refractivity contribution in [1.82, 2.24) is 4.90 Å². The van der Waals surface area contributed by atoms with Crippen molar-refractivity contribution in [3.63, 3.8) is 0 Å². The molecule has 0 aliphatic carbocycles. The summed E-state index contributed by atoms with van der Waals surface area (Å²) in [5.74, 6) is 0.672. The summed E-state index contributed by atoms with van der Waals surface area (Å²) in [4.78, 5) is 7.82. The quantitative estimate of drug-likeness (QED) is 0.755. The summed E-state index contributed by atoms with van der Waals surface area (Å²) in [5.41, 5.74) is 4.69. The first-order valence-electron chi connectivity index (χ1n) is 7.38. The molecule has 1 aliphatic rings. The third-order valence-electron chi connectivity index (χ3n) is 4.21. The van der Waals surface area contributed by atoms with E-state index in [1.54, 1.807) is 0 Å². The summed E-state index contributed by atoms with van der Waals surface area (Å²) in [7, 11) is 2.00. The lowest BCUT2D eigenvalue weighted by atomic mass is 10.0. The fourth-order valence-electron chi connectivity index (χ4n) is 2.87. The van der Waals surface area contributed by atoms with E-state index in [0.717, 1.165) is 5.69 Å². The molecule has 0 saturated heterocycles. The number of aryl methyl sites for hydroxylation is 1. The molecule has 3 nitrogen and oxygen atoms in total. The summed E-state index contributed by atoms with van der Waals surface area (Å²) < 4.78 is 0. The van der Waals surface area contributed by atoms with Crippen LogP contribution in [-0.2, 0) is 0 Å². The Labute approximate surface area is 131 Å². The van der Waals surface area contributed by atoms with Gasteiger partial charge in [0.2, 0.25) is 5.82 Å². The summed E-state index contributed by atoms with van der Waals surface area (Å²) in [6.45, 7) is 11.6. The van der Waals surface area contributed by atoms with Crippen molar-refractivity contribution in [1.29, 1.82) is 0 Å².